The molecule has 2 rings (SSSR count). The summed E-state index contributed by atoms with van der Waals surface area (Å²) in [4.78, 5) is 17.4. The zero-order valence-corrected chi connectivity index (χ0v) is 12.5. The first kappa shape index (κ1) is 14.5. The molecular formula is C14H22N2O2S. The number of rotatable bonds is 5. The lowest BCUT2D eigenvalue weighted by Gasteiger charge is -2.39. The van der Waals surface area contributed by atoms with Gasteiger partial charge in [0, 0.05) is 43.6 Å². The summed E-state index contributed by atoms with van der Waals surface area (Å²) in [7, 11) is 1.45. The standard InChI is InChI=1S/C14H22N2O2S/c1-12-10-15(6-5-14(17)18-2)7-8-16(12)11-13-4-3-9-19-13/h3-4,9,12H,5-8,10-11H2,1-2H3. The van der Waals surface area contributed by atoms with Gasteiger partial charge in [0.2, 0.25) is 0 Å². The quantitative estimate of drug-likeness (QED) is 0.771. The molecule has 0 N–H and O–H groups in total. The predicted octanol–water partition coefficient (Wildman–Crippen LogP) is 1.82. The molecule has 1 aromatic heterocycles. The Morgan fingerprint density at radius 2 is 2.37 bits per heavy atom. The van der Waals surface area contributed by atoms with Crippen molar-refractivity contribution in [1.29, 1.82) is 0 Å². The van der Waals surface area contributed by atoms with Gasteiger partial charge in [0.1, 0.15) is 0 Å². The summed E-state index contributed by atoms with van der Waals surface area (Å²) < 4.78 is 4.68. The lowest BCUT2D eigenvalue weighted by Crippen LogP contribution is -2.51. The predicted molar refractivity (Wildman–Crippen MR) is 77.3 cm³/mol. The lowest BCUT2D eigenvalue weighted by molar-refractivity contribution is -0.141. The number of thiophene rings is 1. The number of esters is 1. The molecule has 106 valence electrons. The van der Waals surface area contributed by atoms with Crippen LogP contribution in [-0.2, 0) is 16.1 Å². The smallest absolute Gasteiger partial charge is 0.306 e. The van der Waals surface area contributed by atoms with Gasteiger partial charge in [-0.25, -0.2) is 0 Å². The van der Waals surface area contributed by atoms with Gasteiger partial charge in [-0.2, -0.15) is 0 Å². The summed E-state index contributed by atoms with van der Waals surface area (Å²) in [5.41, 5.74) is 0. The van der Waals surface area contributed by atoms with E-state index in [0.29, 0.717) is 12.5 Å². The van der Waals surface area contributed by atoms with Gasteiger partial charge in [-0.15, -0.1) is 11.3 Å². The van der Waals surface area contributed by atoms with Crippen LogP contribution in [0.2, 0.25) is 0 Å². The van der Waals surface area contributed by atoms with Crippen LogP contribution >= 0.6 is 11.3 Å². The lowest BCUT2D eigenvalue weighted by atomic mass is 10.2. The van der Waals surface area contributed by atoms with E-state index in [0.717, 1.165) is 32.7 Å². The highest BCUT2D eigenvalue weighted by molar-refractivity contribution is 7.09. The number of carbonyl (C=O) groups excluding carboxylic acids is 1. The largest absolute Gasteiger partial charge is 0.469 e. The third-order valence-corrected chi connectivity index (χ3v) is 4.51. The average molecular weight is 282 g/mol. The Kier molecular flexibility index (Phi) is 5.36. The van der Waals surface area contributed by atoms with E-state index in [4.69, 9.17) is 0 Å². The molecule has 0 amide bonds. The van der Waals surface area contributed by atoms with E-state index < -0.39 is 0 Å². The second kappa shape index (κ2) is 7.03. The first-order chi connectivity index (χ1) is 9.19. The Bertz CT molecular complexity index is 394. The van der Waals surface area contributed by atoms with Crippen molar-refractivity contribution in [3.05, 3.63) is 22.4 Å². The molecule has 0 bridgehead atoms. The van der Waals surface area contributed by atoms with Gasteiger partial charge in [-0.3, -0.25) is 14.6 Å². The maximum atomic E-state index is 11.2. The number of hydrogen-bond donors (Lipinski definition) is 0. The number of carbonyl (C=O) groups is 1. The van der Waals surface area contributed by atoms with Crippen LogP contribution in [0.25, 0.3) is 0 Å². The van der Waals surface area contributed by atoms with Gasteiger partial charge >= 0.3 is 5.97 Å². The van der Waals surface area contributed by atoms with Crippen LogP contribution in [0.4, 0.5) is 0 Å². The fourth-order valence-electron chi connectivity index (χ4n) is 2.46. The number of ether oxygens (including phenoxy) is 1. The van der Waals surface area contributed by atoms with Crippen LogP contribution in [-0.4, -0.2) is 55.1 Å². The molecule has 2 heterocycles. The molecule has 1 aliphatic rings. The molecule has 1 saturated heterocycles. The van der Waals surface area contributed by atoms with Crippen molar-refractivity contribution in [1.82, 2.24) is 9.80 Å². The van der Waals surface area contributed by atoms with Crippen LogP contribution in [0.15, 0.2) is 17.5 Å². The summed E-state index contributed by atoms with van der Waals surface area (Å²) >= 11 is 1.82. The summed E-state index contributed by atoms with van der Waals surface area (Å²) in [6.45, 7) is 7.25. The van der Waals surface area contributed by atoms with E-state index in [2.05, 4.69) is 39.0 Å². The Hall–Kier alpha value is -0.910. The highest BCUT2D eigenvalue weighted by Gasteiger charge is 2.24. The second-order valence-corrected chi connectivity index (χ2v) is 6.06. The third-order valence-electron chi connectivity index (χ3n) is 3.65. The number of piperazine rings is 1. The molecule has 0 aliphatic carbocycles. The van der Waals surface area contributed by atoms with E-state index >= 15 is 0 Å². The van der Waals surface area contributed by atoms with Gasteiger partial charge in [0.25, 0.3) is 0 Å². The fourth-order valence-corrected chi connectivity index (χ4v) is 3.19. The van der Waals surface area contributed by atoms with Crippen molar-refractivity contribution < 1.29 is 9.53 Å². The summed E-state index contributed by atoms with van der Waals surface area (Å²) in [6.07, 6.45) is 0.494. The molecule has 1 fully saturated rings. The van der Waals surface area contributed by atoms with E-state index in [-0.39, 0.29) is 5.97 Å². The molecule has 0 saturated carbocycles. The minimum atomic E-state index is -0.117. The Balaban J connectivity index is 1.76. The van der Waals surface area contributed by atoms with E-state index in [1.54, 1.807) is 0 Å². The summed E-state index contributed by atoms with van der Waals surface area (Å²) in [6, 6.07) is 4.84. The molecule has 1 aromatic rings. The van der Waals surface area contributed by atoms with Crippen molar-refractivity contribution in [3.63, 3.8) is 0 Å². The molecule has 4 nitrogen and oxygen atoms in total. The molecule has 5 heteroatoms. The van der Waals surface area contributed by atoms with Crippen molar-refractivity contribution in [2.45, 2.75) is 25.9 Å². The van der Waals surface area contributed by atoms with Crippen LogP contribution in [0.3, 0.4) is 0 Å². The fraction of sp³-hybridized carbons (Fsp3) is 0.643. The number of nitrogens with zero attached hydrogens (tertiary/aromatic N) is 2. The maximum absolute atomic E-state index is 11.2. The summed E-state index contributed by atoms with van der Waals surface area (Å²) in [5, 5.41) is 2.13. The second-order valence-electron chi connectivity index (χ2n) is 5.03. The van der Waals surface area contributed by atoms with Gasteiger partial charge in [0.15, 0.2) is 0 Å². The van der Waals surface area contributed by atoms with Crippen LogP contribution in [0, 0.1) is 0 Å². The minimum Gasteiger partial charge on any atom is -0.469 e. The normalized spacial score (nSPS) is 21.5. The molecule has 1 aliphatic heterocycles. The minimum absolute atomic E-state index is 0.117. The van der Waals surface area contributed by atoms with Crippen molar-refractivity contribution in [2.24, 2.45) is 0 Å². The van der Waals surface area contributed by atoms with Gasteiger partial charge in [0.05, 0.1) is 13.5 Å². The van der Waals surface area contributed by atoms with Gasteiger partial charge < -0.3 is 4.74 Å². The molecular weight excluding hydrogens is 260 g/mol. The SMILES string of the molecule is COC(=O)CCN1CCN(Cc2cccs2)C(C)C1. The van der Waals surface area contributed by atoms with Gasteiger partial charge in [-0.1, -0.05) is 6.07 Å². The molecule has 19 heavy (non-hydrogen) atoms. The van der Waals surface area contributed by atoms with Crippen LogP contribution in [0.5, 0.6) is 0 Å². The van der Waals surface area contributed by atoms with E-state index in [1.165, 1.54) is 12.0 Å². The average Bonchev–Trinajstić information content (AvgIpc) is 2.91. The van der Waals surface area contributed by atoms with Crippen molar-refractivity contribution >= 4 is 17.3 Å². The van der Waals surface area contributed by atoms with Crippen LogP contribution < -0.4 is 0 Å². The molecule has 1 atom stereocenters. The molecule has 0 spiro atoms. The zero-order chi connectivity index (χ0) is 13.7. The van der Waals surface area contributed by atoms with Gasteiger partial charge in [-0.05, 0) is 18.4 Å². The molecule has 0 radical (unpaired) electrons. The first-order valence-electron chi connectivity index (χ1n) is 6.74. The maximum Gasteiger partial charge on any atom is 0.306 e. The van der Waals surface area contributed by atoms with Crippen molar-refractivity contribution in [2.75, 3.05) is 33.3 Å². The first-order valence-corrected chi connectivity index (χ1v) is 7.62. The number of methoxy groups -OCH3 is 1. The zero-order valence-electron chi connectivity index (χ0n) is 11.7. The van der Waals surface area contributed by atoms with Crippen molar-refractivity contribution in [3.8, 4) is 0 Å². The summed E-state index contributed by atoms with van der Waals surface area (Å²) in [5.74, 6) is -0.117. The Labute approximate surface area is 119 Å². The Morgan fingerprint density at radius 1 is 1.53 bits per heavy atom. The molecule has 1 unspecified atom stereocenters. The monoisotopic (exact) mass is 282 g/mol. The topological polar surface area (TPSA) is 32.8 Å². The van der Waals surface area contributed by atoms with E-state index in [9.17, 15) is 4.79 Å². The van der Waals surface area contributed by atoms with Crippen LogP contribution in [0.1, 0.15) is 18.2 Å². The molecule has 0 aromatic carbocycles. The highest BCUT2D eigenvalue weighted by Crippen LogP contribution is 2.17. The number of hydrogen-bond acceptors (Lipinski definition) is 5. The Morgan fingerprint density at radius 3 is 3.00 bits per heavy atom. The third kappa shape index (κ3) is 4.30. The highest BCUT2D eigenvalue weighted by atomic mass is 32.1. The van der Waals surface area contributed by atoms with E-state index in [1.807, 2.05) is 11.3 Å².